The molecular formula is C16H28N2. The Labute approximate surface area is 112 Å². The molecule has 0 fully saturated rings. The van der Waals surface area contributed by atoms with Crippen molar-refractivity contribution in [3.63, 3.8) is 0 Å². The lowest BCUT2D eigenvalue weighted by atomic mass is 10.0. The lowest BCUT2D eigenvalue weighted by Gasteiger charge is -2.26. The Hall–Kier alpha value is -1.02. The molecule has 1 unspecified atom stereocenters. The third-order valence-electron chi connectivity index (χ3n) is 3.36. The molecule has 2 nitrogen and oxygen atoms in total. The molecule has 1 N–H and O–H groups in total. The summed E-state index contributed by atoms with van der Waals surface area (Å²) in [7, 11) is 2.23. The highest BCUT2D eigenvalue weighted by Gasteiger charge is 2.09. The SMILES string of the molecule is CC(C)CC(C)N(C)CCCNc1ccccc1. The van der Waals surface area contributed by atoms with Gasteiger partial charge in [0.05, 0.1) is 0 Å². The fourth-order valence-electron chi connectivity index (χ4n) is 2.20. The molecule has 2 heteroatoms. The van der Waals surface area contributed by atoms with Gasteiger partial charge in [-0.1, -0.05) is 32.0 Å². The summed E-state index contributed by atoms with van der Waals surface area (Å²) in [4.78, 5) is 2.46. The first-order chi connectivity index (χ1) is 8.59. The predicted octanol–water partition coefficient (Wildman–Crippen LogP) is 3.86. The summed E-state index contributed by atoms with van der Waals surface area (Å²) in [6, 6.07) is 11.1. The van der Waals surface area contributed by atoms with Crippen LogP contribution in [0.1, 0.15) is 33.6 Å². The fraction of sp³-hybridized carbons (Fsp3) is 0.625. The van der Waals surface area contributed by atoms with Gasteiger partial charge in [0.2, 0.25) is 0 Å². The van der Waals surface area contributed by atoms with Gasteiger partial charge in [-0.05, 0) is 51.4 Å². The molecule has 0 aliphatic heterocycles. The average Bonchev–Trinajstić information content (AvgIpc) is 2.34. The van der Waals surface area contributed by atoms with Crippen LogP contribution < -0.4 is 5.32 Å². The molecule has 0 spiro atoms. The zero-order valence-electron chi connectivity index (χ0n) is 12.3. The quantitative estimate of drug-likeness (QED) is 0.703. The Balaban J connectivity index is 2.14. The highest BCUT2D eigenvalue weighted by molar-refractivity contribution is 5.42. The molecule has 0 heterocycles. The molecule has 0 aromatic heterocycles. The van der Waals surface area contributed by atoms with Crippen LogP contribution >= 0.6 is 0 Å². The maximum Gasteiger partial charge on any atom is 0.0340 e. The minimum atomic E-state index is 0.682. The van der Waals surface area contributed by atoms with Crippen molar-refractivity contribution in [2.45, 2.75) is 39.7 Å². The number of nitrogens with one attached hydrogen (secondary N) is 1. The number of hydrogen-bond acceptors (Lipinski definition) is 2. The summed E-state index contributed by atoms with van der Waals surface area (Å²) in [6.45, 7) is 9.11. The second-order valence-corrected chi connectivity index (χ2v) is 5.61. The monoisotopic (exact) mass is 248 g/mol. The molecular weight excluding hydrogens is 220 g/mol. The van der Waals surface area contributed by atoms with E-state index in [1.54, 1.807) is 0 Å². The highest BCUT2D eigenvalue weighted by Crippen LogP contribution is 2.10. The van der Waals surface area contributed by atoms with Gasteiger partial charge in [0.15, 0.2) is 0 Å². The van der Waals surface area contributed by atoms with Crippen LogP contribution in [0.25, 0.3) is 0 Å². The molecule has 0 radical (unpaired) electrons. The lowest BCUT2D eigenvalue weighted by molar-refractivity contribution is 0.228. The summed E-state index contributed by atoms with van der Waals surface area (Å²) in [5.41, 5.74) is 1.22. The number of anilines is 1. The molecule has 0 aliphatic carbocycles. The zero-order valence-corrected chi connectivity index (χ0v) is 12.3. The van der Waals surface area contributed by atoms with Gasteiger partial charge in [-0.25, -0.2) is 0 Å². The minimum absolute atomic E-state index is 0.682. The van der Waals surface area contributed by atoms with Crippen molar-refractivity contribution < 1.29 is 0 Å². The van der Waals surface area contributed by atoms with Crippen LogP contribution in [0, 0.1) is 5.92 Å². The van der Waals surface area contributed by atoms with Gasteiger partial charge >= 0.3 is 0 Å². The van der Waals surface area contributed by atoms with E-state index in [2.05, 4.69) is 62.3 Å². The molecule has 1 rings (SSSR count). The van der Waals surface area contributed by atoms with Crippen LogP contribution in [0.2, 0.25) is 0 Å². The van der Waals surface area contributed by atoms with E-state index in [9.17, 15) is 0 Å². The van der Waals surface area contributed by atoms with E-state index >= 15 is 0 Å². The van der Waals surface area contributed by atoms with Crippen LogP contribution in [-0.2, 0) is 0 Å². The van der Waals surface area contributed by atoms with Crippen LogP contribution in [0.5, 0.6) is 0 Å². The van der Waals surface area contributed by atoms with Crippen molar-refractivity contribution in [3.8, 4) is 0 Å². The second kappa shape index (κ2) is 8.15. The molecule has 1 aromatic carbocycles. The Bertz CT molecular complexity index is 308. The Morgan fingerprint density at radius 2 is 1.78 bits per heavy atom. The zero-order chi connectivity index (χ0) is 13.4. The number of benzene rings is 1. The molecule has 1 aromatic rings. The van der Waals surface area contributed by atoms with E-state index < -0.39 is 0 Å². The summed E-state index contributed by atoms with van der Waals surface area (Å²) >= 11 is 0. The first-order valence-electron chi connectivity index (χ1n) is 7.08. The van der Waals surface area contributed by atoms with Crippen molar-refractivity contribution in [2.24, 2.45) is 5.92 Å². The van der Waals surface area contributed by atoms with Crippen molar-refractivity contribution >= 4 is 5.69 Å². The average molecular weight is 248 g/mol. The van der Waals surface area contributed by atoms with E-state index in [-0.39, 0.29) is 0 Å². The first-order valence-corrected chi connectivity index (χ1v) is 7.08. The van der Waals surface area contributed by atoms with E-state index in [0.717, 1.165) is 19.0 Å². The van der Waals surface area contributed by atoms with E-state index in [0.29, 0.717) is 6.04 Å². The predicted molar refractivity (Wildman–Crippen MR) is 81.1 cm³/mol. The topological polar surface area (TPSA) is 15.3 Å². The van der Waals surface area contributed by atoms with E-state index in [1.807, 2.05) is 6.07 Å². The van der Waals surface area contributed by atoms with Gasteiger partial charge in [-0.2, -0.15) is 0 Å². The van der Waals surface area contributed by atoms with Crippen molar-refractivity contribution in [1.82, 2.24) is 4.90 Å². The standard InChI is InChI=1S/C16H28N2/c1-14(2)13-15(3)18(4)12-8-11-17-16-9-6-5-7-10-16/h5-7,9-10,14-15,17H,8,11-13H2,1-4H3. The van der Waals surface area contributed by atoms with Crippen LogP contribution in [0.15, 0.2) is 30.3 Å². The minimum Gasteiger partial charge on any atom is -0.385 e. The molecule has 1 atom stereocenters. The summed E-state index contributed by atoms with van der Waals surface area (Å²) in [5.74, 6) is 0.782. The molecule has 0 amide bonds. The smallest absolute Gasteiger partial charge is 0.0340 e. The summed E-state index contributed by atoms with van der Waals surface area (Å²) in [5, 5.41) is 3.45. The van der Waals surface area contributed by atoms with E-state index in [1.165, 1.54) is 18.5 Å². The molecule has 0 saturated heterocycles. The van der Waals surface area contributed by atoms with Gasteiger partial charge in [-0.3, -0.25) is 0 Å². The number of hydrogen-bond donors (Lipinski definition) is 1. The molecule has 0 saturated carbocycles. The van der Waals surface area contributed by atoms with E-state index in [4.69, 9.17) is 0 Å². The number of para-hydroxylation sites is 1. The van der Waals surface area contributed by atoms with Crippen molar-refractivity contribution in [1.29, 1.82) is 0 Å². The van der Waals surface area contributed by atoms with Crippen molar-refractivity contribution in [3.05, 3.63) is 30.3 Å². The maximum atomic E-state index is 3.45. The number of nitrogens with zero attached hydrogens (tertiary/aromatic N) is 1. The maximum absolute atomic E-state index is 3.45. The second-order valence-electron chi connectivity index (χ2n) is 5.61. The Kier molecular flexibility index (Phi) is 6.81. The molecule has 0 aliphatic rings. The largest absolute Gasteiger partial charge is 0.385 e. The summed E-state index contributed by atoms with van der Waals surface area (Å²) < 4.78 is 0. The molecule has 18 heavy (non-hydrogen) atoms. The Morgan fingerprint density at radius 1 is 1.11 bits per heavy atom. The highest BCUT2D eigenvalue weighted by atomic mass is 15.1. The molecule has 0 bridgehead atoms. The first kappa shape index (κ1) is 15.0. The van der Waals surface area contributed by atoms with Gasteiger partial charge < -0.3 is 10.2 Å². The number of rotatable bonds is 8. The van der Waals surface area contributed by atoms with Gasteiger partial charge in [0, 0.05) is 18.3 Å². The van der Waals surface area contributed by atoms with Crippen LogP contribution in [-0.4, -0.2) is 31.1 Å². The lowest BCUT2D eigenvalue weighted by Crippen LogP contribution is -2.31. The van der Waals surface area contributed by atoms with Gasteiger partial charge in [0.1, 0.15) is 0 Å². The summed E-state index contributed by atoms with van der Waals surface area (Å²) in [6.07, 6.45) is 2.47. The Morgan fingerprint density at radius 3 is 2.39 bits per heavy atom. The third-order valence-corrected chi connectivity index (χ3v) is 3.36. The van der Waals surface area contributed by atoms with Gasteiger partial charge in [-0.15, -0.1) is 0 Å². The van der Waals surface area contributed by atoms with Gasteiger partial charge in [0.25, 0.3) is 0 Å². The fourth-order valence-corrected chi connectivity index (χ4v) is 2.20. The van der Waals surface area contributed by atoms with Crippen LogP contribution in [0.3, 0.4) is 0 Å². The molecule has 102 valence electrons. The van der Waals surface area contributed by atoms with Crippen molar-refractivity contribution in [2.75, 3.05) is 25.5 Å². The van der Waals surface area contributed by atoms with Crippen LogP contribution in [0.4, 0.5) is 5.69 Å². The third kappa shape index (κ3) is 6.06. The normalized spacial score (nSPS) is 13.0.